The van der Waals surface area contributed by atoms with Gasteiger partial charge in [0, 0.05) is 41.3 Å². The summed E-state index contributed by atoms with van der Waals surface area (Å²) in [6, 6.07) is 12.3. The zero-order valence-electron chi connectivity index (χ0n) is 21.2. The number of rotatable bonds is 8. The number of benzene rings is 1. The molecule has 0 radical (unpaired) electrons. The van der Waals surface area contributed by atoms with Gasteiger partial charge in [0.25, 0.3) is 5.56 Å². The summed E-state index contributed by atoms with van der Waals surface area (Å²) < 4.78 is 1.67. The smallest absolute Gasteiger partial charge is 0.294 e. The summed E-state index contributed by atoms with van der Waals surface area (Å²) in [5.74, 6) is 0.279. The molecule has 3 N–H and O–H groups in total. The molecule has 1 saturated carbocycles. The standard InChI is InChI=1S/C29H35N5O2S/c35-27(32-17-23-13-21-15-30-18-25(21)37-23)24-10-9-22-16-31-26(28(36)34(22)24)33-19-29(11-5-2-6-12-29)14-20-7-3-1-4-8-20/h1,3-4,7-8,13,16,24,30H,2,5-6,9-12,14-15,17-19H2,(H,31,33)(H,32,35)/t24-/m0/s1. The maximum Gasteiger partial charge on any atom is 0.294 e. The molecule has 2 aliphatic heterocycles. The van der Waals surface area contributed by atoms with E-state index < -0.39 is 6.04 Å². The normalized spacial score (nSPS) is 19.8. The molecule has 1 atom stereocenters. The van der Waals surface area contributed by atoms with E-state index in [1.54, 1.807) is 22.1 Å². The van der Waals surface area contributed by atoms with Gasteiger partial charge in [-0.05, 0) is 54.7 Å². The first-order valence-electron chi connectivity index (χ1n) is 13.6. The Morgan fingerprint density at radius 2 is 2.00 bits per heavy atom. The Kier molecular flexibility index (Phi) is 6.86. The molecule has 1 aliphatic carbocycles. The highest BCUT2D eigenvalue weighted by Crippen LogP contribution is 2.39. The fourth-order valence-electron chi connectivity index (χ4n) is 6.35. The number of aromatic nitrogens is 2. The van der Waals surface area contributed by atoms with Crippen molar-refractivity contribution in [3.8, 4) is 0 Å². The van der Waals surface area contributed by atoms with Gasteiger partial charge in [-0.2, -0.15) is 0 Å². The van der Waals surface area contributed by atoms with Gasteiger partial charge in [0.2, 0.25) is 5.91 Å². The molecule has 0 saturated heterocycles. The van der Waals surface area contributed by atoms with E-state index in [2.05, 4.69) is 57.3 Å². The topological polar surface area (TPSA) is 88.1 Å². The number of fused-ring (bicyclic) bond motifs is 2. The van der Waals surface area contributed by atoms with Crippen LogP contribution in [0, 0.1) is 5.41 Å². The first kappa shape index (κ1) is 24.4. The van der Waals surface area contributed by atoms with E-state index in [1.165, 1.54) is 40.1 Å². The summed E-state index contributed by atoms with van der Waals surface area (Å²) >= 11 is 1.75. The molecule has 7 nitrogen and oxygen atoms in total. The van der Waals surface area contributed by atoms with Crippen LogP contribution in [0.5, 0.6) is 0 Å². The number of hydrogen-bond donors (Lipinski definition) is 3. The molecule has 3 aromatic rings. The summed E-state index contributed by atoms with van der Waals surface area (Å²) in [5, 5.41) is 9.86. The van der Waals surface area contributed by atoms with Gasteiger partial charge in [0.15, 0.2) is 5.82 Å². The first-order valence-corrected chi connectivity index (χ1v) is 14.4. The molecule has 0 spiro atoms. The van der Waals surface area contributed by atoms with Crippen molar-refractivity contribution in [2.45, 2.75) is 77.0 Å². The van der Waals surface area contributed by atoms with E-state index >= 15 is 0 Å². The van der Waals surface area contributed by atoms with Crippen molar-refractivity contribution in [2.24, 2.45) is 5.41 Å². The fraction of sp³-hybridized carbons (Fsp3) is 0.483. The van der Waals surface area contributed by atoms with Crippen LogP contribution in [0.25, 0.3) is 0 Å². The lowest BCUT2D eigenvalue weighted by atomic mass is 9.70. The molecule has 8 heteroatoms. The molecule has 2 aromatic heterocycles. The molecule has 6 rings (SSSR count). The van der Waals surface area contributed by atoms with Crippen LogP contribution in [0.2, 0.25) is 0 Å². The summed E-state index contributed by atoms with van der Waals surface area (Å²) in [7, 11) is 0. The number of anilines is 1. The van der Waals surface area contributed by atoms with E-state index in [-0.39, 0.29) is 16.9 Å². The van der Waals surface area contributed by atoms with Gasteiger partial charge in [-0.25, -0.2) is 4.98 Å². The molecule has 37 heavy (non-hydrogen) atoms. The van der Waals surface area contributed by atoms with E-state index in [0.29, 0.717) is 25.2 Å². The van der Waals surface area contributed by atoms with Crippen molar-refractivity contribution in [1.82, 2.24) is 20.2 Å². The first-order chi connectivity index (χ1) is 18.1. The van der Waals surface area contributed by atoms with Crippen LogP contribution >= 0.6 is 11.3 Å². The second kappa shape index (κ2) is 10.4. The minimum atomic E-state index is -0.479. The van der Waals surface area contributed by atoms with Crippen molar-refractivity contribution < 1.29 is 4.79 Å². The largest absolute Gasteiger partial charge is 0.365 e. The Labute approximate surface area is 221 Å². The van der Waals surface area contributed by atoms with Crippen LogP contribution in [0.4, 0.5) is 5.82 Å². The number of thiophene rings is 1. The lowest BCUT2D eigenvalue weighted by molar-refractivity contribution is -0.124. The second-order valence-electron chi connectivity index (χ2n) is 10.9. The molecule has 194 valence electrons. The summed E-state index contributed by atoms with van der Waals surface area (Å²) in [6.45, 7) is 3.04. The highest BCUT2D eigenvalue weighted by molar-refractivity contribution is 7.12. The third kappa shape index (κ3) is 5.09. The molecule has 1 aromatic carbocycles. The van der Waals surface area contributed by atoms with Crippen LogP contribution in [0.1, 0.15) is 71.1 Å². The maximum atomic E-state index is 13.5. The zero-order chi connectivity index (χ0) is 25.2. The monoisotopic (exact) mass is 517 g/mol. The van der Waals surface area contributed by atoms with Crippen molar-refractivity contribution in [2.75, 3.05) is 11.9 Å². The molecular formula is C29H35N5O2S. The van der Waals surface area contributed by atoms with Crippen molar-refractivity contribution in [3.63, 3.8) is 0 Å². The predicted octanol–water partition coefficient (Wildman–Crippen LogP) is 4.32. The Morgan fingerprint density at radius 3 is 2.81 bits per heavy atom. The third-order valence-electron chi connectivity index (χ3n) is 8.31. The SMILES string of the molecule is O=C(NCc1cc2c(s1)CNC2)[C@@H]1CCc2cnc(NCC3(Cc4ccccc4)CCCCC3)c(=O)n21. The molecule has 1 amide bonds. The van der Waals surface area contributed by atoms with E-state index in [9.17, 15) is 9.59 Å². The summed E-state index contributed by atoms with van der Waals surface area (Å²) in [6.07, 6.45) is 10.1. The van der Waals surface area contributed by atoms with Gasteiger partial charge in [0.1, 0.15) is 6.04 Å². The van der Waals surface area contributed by atoms with Gasteiger partial charge < -0.3 is 16.0 Å². The number of nitrogens with zero attached hydrogens (tertiary/aromatic N) is 2. The Balaban J connectivity index is 1.15. The lowest BCUT2D eigenvalue weighted by Gasteiger charge is -2.38. The summed E-state index contributed by atoms with van der Waals surface area (Å²) in [5.41, 5.74) is 3.45. The minimum absolute atomic E-state index is 0.0856. The van der Waals surface area contributed by atoms with Crippen LogP contribution in [0.15, 0.2) is 47.4 Å². The Bertz CT molecular complexity index is 1300. The quantitative estimate of drug-likeness (QED) is 0.414. The predicted molar refractivity (Wildman–Crippen MR) is 147 cm³/mol. The number of carbonyl (C=O) groups is 1. The molecule has 3 aliphatic rings. The number of nitrogens with one attached hydrogen (secondary N) is 3. The number of carbonyl (C=O) groups excluding carboxylic acids is 1. The van der Waals surface area contributed by atoms with Gasteiger partial charge in [-0.3, -0.25) is 14.2 Å². The van der Waals surface area contributed by atoms with E-state index in [0.717, 1.165) is 44.6 Å². The van der Waals surface area contributed by atoms with Crippen LogP contribution in [-0.4, -0.2) is 22.0 Å². The van der Waals surface area contributed by atoms with Crippen molar-refractivity contribution in [1.29, 1.82) is 0 Å². The molecule has 4 heterocycles. The number of aryl methyl sites for hydroxylation is 1. The zero-order valence-corrected chi connectivity index (χ0v) is 22.0. The van der Waals surface area contributed by atoms with Gasteiger partial charge in [-0.15, -0.1) is 11.3 Å². The van der Waals surface area contributed by atoms with Gasteiger partial charge >= 0.3 is 0 Å². The maximum absolute atomic E-state index is 13.5. The van der Waals surface area contributed by atoms with Crippen LogP contribution in [-0.2, 0) is 37.3 Å². The lowest BCUT2D eigenvalue weighted by Crippen LogP contribution is -2.38. The van der Waals surface area contributed by atoms with Crippen molar-refractivity contribution >= 4 is 23.1 Å². The molecule has 0 unspecified atom stereocenters. The highest BCUT2D eigenvalue weighted by atomic mass is 32.1. The minimum Gasteiger partial charge on any atom is -0.365 e. The number of hydrogen-bond acceptors (Lipinski definition) is 6. The molecule has 0 bridgehead atoms. The second-order valence-corrected chi connectivity index (χ2v) is 12.1. The van der Waals surface area contributed by atoms with E-state index in [4.69, 9.17) is 0 Å². The van der Waals surface area contributed by atoms with Crippen molar-refractivity contribution in [3.05, 3.63) is 79.5 Å². The Morgan fingerprint density at radius 1 is 1.16 bits per heavy atom. The van der Waals surface area contributed by atoms with Crippen LogP contribution in [0.3, 0.4) is 0 Å². The molecule has 1 fully saturated rings. The van der Waals surface area contributed by atoms with Crippen LogP contribution < -0.4 is 21.5 Å². The van der Waals surface area contributed by atoms with Gasteiger partial charge in [0.05, 0.1) is 6.54 Å². The Hall–Kier alpha value is -2.97. The highest BCUT2D eigenvalue weighted by Gasteiger charge is 2.34. The fourth-order valence-corrected chi connectivity index (χ4v) is 7.44. The third-order valence-corrected chi connectivity index (χ3v) is 9.49. The van der Waals surface area contributed by atoms with E-state index in [1.807, 2.05) is 0 Å². The summed E-state index contributed by atoms with van der Waals surface area (Å²) in [4.78, 5) is 33.7. The average molecular weight is 518 g/mol. The van der Waals surface area contributed by atoms with Gasteiger partial charge in [-0.1, -0.05) is 49.6 Å². The average Bonchev–Trinajstić information content (AvgIpc) is 3.64. The number of amides is 1. The molecular weight excluding hydrogens is 482 g/mol.